The first-order valence-corrected chi connectivity index (χ1v) is 14.3. The van der Waals surface area contributed by atoms with E-state index in [4.69, 9.17) is 68.1 Å². The van der Waals surface area contributed by atoms with E-state index in [0.717, 1.165) is 14.7 Å². The first-order valence-electron chi connectivity index (χ1n) is 10.4. The third kappa shape index (κ3) is 6.26. The molecular weight excluding hydrogens is 695 g/mol. The number of thiocarbonyl (C=S) groups is 1. The van der Waals surface area contributed by atoms with Gasteiger partial charge in [-0.3, -0.25) is 9.69 Å². The van der Waals surface area contributed by atoms with Crippen molar-refractivity contribution in [1.82, 2.24) is 0 Å². The van der Waals surface area contributed by atoms with Gasteiger partial charge in [0, 0.05) is 15.6 Å². The predicted molar refractivity (Wildman–Crippen MR) is 163 cm³/mol. The van der Waals surface area contributed by atoms with Crippen molar-refractivity contribution in [2.24, 2.45) is 0 Å². The van der Waals surface area contributed by atoms with Gasteiger partial charge in [-0.1, -0.05) is 76.4 Å². The molecule has 0 aromatic heterocycles. The quantitative estimate of drug-likeness (QED) is 0.139. The van der Waals surface area contributed by atoms with Crippen molar-refractivity contribution in [3.8, 4) is 11.5 Å². The van der Waals surface area contributed by atoms with Gasteiger partial charge in [0.05, 0.1) is 30.8 Å². The topological polar surface area (TPSA) is 38.8 Å². The van der Waals surface area contributed by atoms with Crippen molar-refractivity contribution in [1.29, 1.82) is 0 Å². The van der Waals surface area contributed by atoms with Crippen LogP contribution in [-0.2, 0) is 11.4 Å². The summed E-state index contributed by atoms with van der Waals surface area (Å²) in [7, 11) is 0. The summed E-state index contributed by atoms with van der Waals surface area (Å²) in [6.45, 7) is 2.58. The SMILES string of the molecule is CCOc1cc(/C=C2\SC(=S)N(c3ccc(Cl)c(Cl)c3)C2=O)cc(I)c1OCc1ccc(Cl)cc1Cl. The van der Waals surface area contributed by atoms with Gasteiger partial charge in [0.15, 0.2) is 15.8 Å². The molecule has 0 aliphatic carbocycles. The van der Waals surface area contributed by atoms with Gasteiger partial charge in [0.1, 0.15) is 6.61 Å². The Balaban J connectivity index is 1.61. The number of hydrogen-bond acceptors (Lipinski definition) is 5. The van der Waals surface area contributed by atoms with E-state index in [1.165, 1.54) is 16.7 Å². The van der Waals surface area contributed by atoms with Crippen LogP contribution in [-0.4, -0.2) is 16.8 Å². The molecule has 1 aliphatic rings. The molecule has 1 heterocycles. The monoisotopic (exact) mass is 709 g/mol. The van der Waals surface area contributed by atoms with Gasteiger partial charge < -0.3 is 9.47 Å². The van der Waals surface area contributed by atoms with Crippen LogP contribution in [0.1, 0.15) is 18.1 Å². The molecule has 3 aromatic rings. The number of benzene rings is 3. The fourth-order valence-corrected chi connectivity index (χ4v) is 6.16. The maximum atomic E-state index is 13.2. The van der Waals surface area contributed by atoms with Gasteiger partial charge in [-0.05, 0) is 83.6 Å². The Kier molecular flexibility index (Phi) is 9.36. The van der Waals surface area contributed by atoms with Crippen molar-refractivity contribution >= 4 is 115 Å². The number of rotatable bonds is 7. The summed E-state index contributed by atoms with van der Waals surface area (Å²) in [5.74, 6) is 0.902. The number of thioether (sulfide) groups is 1. The molecule has 4 nitrogen and oxygen atoms in total. The third-order valence-corrected chi connectivity index (χ3v) is 8.40. The van der Waals surface area contributed by atoms with Crippen LogP contribution in [0.3, 0.4) is 0 Å². The minimum atomic E-state index is -0.242. The molecule has 1 fully saturated rings. The molecule has 4 rings (SSSR count). The molecule has 0 bridgehead atoms. The van der Waals surface area contributed by atoms with Crippen LogP contribution >= 0.6 is 93.0 Å². The molecule has 11 heteroatoms. The minimum Gasteiger partial charge on any atom is -0.490 e. The Morgan fingerprint density at radius 3 is 2.47 bits per heavy atom. The molecule has 0 saturated carbocycles. The van der Waals surface area contributed by atoms with Crippen molar-refractivity contribution < 1.29 is 14.3 Å². The van der Waals surface area contributed by atoms with Gasteiger partial charge >= 0.3 is 0 Å². The number of nitrogens with zero attached hydrogens (tertiary/aromatic N) is 1. The van der Waals surface area contributed by atoms with Gasteiger partial charge in [0.25, 0.3) is 5.91 Å². The fourth-order valence-electron chi connectivity index (χ4n) is 3.33. The third-order valence-electron chi connectivity index (χ3n) is 4.97. The molecule has 0 spiro atoms. The summed E-state index contributed by atoms with van der Waals surface area (Å²) in [5, 5.41) is 1.83. The predicted octanol–water partition coefficient (Wildman–Crippen LogP) is 9.29. The molecule has 1 saturated heterocycles. The lowest BCUT2D eigenvalue weighted by Crippen LogP contribution is -2.27. The van der Waals surface area contributed by atoms with Crippen molar-refractivity contribution in [3.05, 3.63) is 88.2 Å². The first-order chi connectivity index (χ1) is 17.2. The van der Waals surface area contributed by atoms with E-state index in [1.54, 1.807) is 36.4 Å². The Hall–Kier alpha value is -1.20. The average molecular weight is 711 g/mol. The van der Waals surface area contributed by atoms with E-state index >= 15 is 0 Å². The smallest absolute Gasteiger partial charge is 0.270 e. The normalized spacial score (nSPS) is 14.6. The highest BCUT2D eigenvalue weighted by molar-refractivity contribution is 14.1. The lowest BCUT2D eigenvalue weighted by molar-refractivity contribution is -0.113. The number of carbonyl (C=O) groups is 1. The highest BCUT2D eigenvalue weighted by Crippen LogP contribution is 2.40. The highest BCUT2D eigenvalue weighted by atomic mass is 127. The summed E-state index contributed by atoms with van der Waals surface area (Å²) < 4.78 is 13.2. The molecule has 0 radical (unpaired) electrons. The molecule has 36 heavy (non-hydrogen) atoms. The molecule has 3 aromatic carbocycles. The lowest BCUT2D eigenvalue weighted by atomic mass is 10.1. The zero-order valence-electron chi connectivity index (χ0n) is 18.5. The lowest BCUT2D eigenvalue weighted by Gasteiger charge is -2.16. The van der Waals surface area contributed by atoms with Crippen LogP contribution in [0.2, 0.25) is 20.1 Å². The van der Waals surface area contributed by atoms with Crippen molar-refractivity contribution in [3.63, 3.8) is 0 Å². The van der Waals surface area contributed by atoms with Crippen molar-refractivity contribution in [2.75, 3.05) is 11.5 Å². The average Bonchev–Trinajstić information content (AvgIpc) is 3.09. The number of anilines is 1. The van der Waals surface area contributed by atoms with Gasteiger partial charge in [0.2, 0.25) is 0 Å². The number of ether oxygens (including phenoxy) is 2. The molecular formula is C25H16Cl4INO3S2. The van der Waals surface area contributed by atoms with Crippen LogP contribution in [0.15, 0.2) is 53.4 Å². The number of hydrogen-bond donors (Lipinski definition) is 0. The Morgan fingerprint density at radius 1 is 1.00 bits per heavy atom. The van der Waals surface area contributed by atoms with E-state index in [-0.39, 0.29) is 12.5 Å². The Labute approximate surface area is 252 Å². The second-order valence-electron chi connectivity index (χ2n) is 7.40. The van der Waals surface area contributed by atoms with Crippen LogP contribution in [0.5, 0.6) is 11.5 Å². The standard InChI is InChI=1S/C25H16Cl4INO3S2/c1-2-33-21-8-13(7-20(30)23(21)34-12-14-3-4-15(26)10-18(14)28)9-22-24(32)31(25(35)36-22)16-5-6-17(27)19(29)11-16/h3-11H,2,12H2,1H3/b22-9-. The van der Waals surface area contributed by atoms with Crippen LogP contribution in [0.25, 0.3) is 6.08 Å². The summed E-state index contributed by atoms with van der Waals surface area (Å²) in [5.41, 5.74) is 2.13. The zero-order valence-corrected chi connectivity index (χ0v) is 25.3. The van der Waals surface area contributed by atoms with Crippen LogP contribution < -0.4 is 14.4 Å². The van der Waals surface area contributed by atoms with Crippen LogP contribution in [0, 0.1) is 3.57 Å². The summed E-state index contributed by atoms with van der Waals surface area (Å²) in [4.78, 5) is 15.1. The van der Waals surface area contributed by atoms with Gasteiger partial charge in [-0.15, -0.1) is 0 Å². The van der Waals surface area contributed by atoms with Gasteiger partial charge in [-0.2, -0.15) is 0 Å². The van der Waals surface area contributed by atoms with E-state index in [0.29, 0.717) is 53.1 Å². The van der Waals surface area contributed by atoms with Crippen molar-refractivity contribution in [2.45, 2.75) is 13.5 Å². The number of carbonyl (C=O) groups excluding carboxylic acids is 1. The second-order valence-corrected chi connectivity index (χ2v) is 11.9. The highest BCUT2D eigenvalue weighted by Gasteiger charge is 2.33. The molecule has 186 valence electrons. The van der Waals surface area contributed by atoms with E-state index in [1.807, 2.05) is 25.1 Å². The summed E-state index contributed by atoms with van der Waals surface area (Å²) in [6.07, 6.45) is 1.78. The summed E-state index contributed by atoms with van der Waals surface area (Å²) in [6, 6.07) is 14.0. The zero-order chi connectivity index (χ0) is 26.0. The summed E-state index contributed by atoms with van der Waals surface area (Å²) >= 11 is 33.3. The maximum Gasteiger partial charge on any atom is 0.270 e. The van der Waals surface area contributed by atoms with Crippen LogP contribution in [0.4, 0.5) is 5.69 Å². The van der Waals surface area contributed by atoms with Gasteiger partial charge in [-0.25, -0.2) is 0 Å². The largest absolute Gasteiger partial charge is 0.490 e. The second kappa shape index (κ2) is 12.1. The molecule has 1 amide bonds. The number of halogens is 5. The molecule has 0 unspecified atom stereocenters. The molecule has 0 N–H and O–H groups in total. The molecule has 0 atom stereocenters. The fraction of sp³-hybridized carbons (Fsp3) is 0.120. The Bertz CT molecular complexity index is 1400. The maximum absolute atomic E-state index is 13.2. The van der Waals surface area contributed by atoms with E-state index in [2.05, 4.69) is 22.6 Å². The number of amides is 1. The van der Waals surface area contributed by atoms with E-state index < -0.39 is 0 Å². The Morgan fingerprint density at radius 2 is 1.78 bits per heavy atom. The minimum absolute atomic E-state index is 0.242. The first kappa shape index (κ1) is 27.8. The molecule has 1 aliphatic heterocycles. The van der Waals surface area contributed by atoms with E-state index in [9.17, 15) is 4.79 Å².